The van der Waals surface area contributed by atoms with Crippen LogP contribution in [-0.2, 0) is 16.1 Å². The molecule has 0 spiro atoms. The van der Waals surface area contributed by atoms with Crippen molar-refractivity contribution in [3.63, 3.8) is 0 Å². The van der Waals surface area contributed by atoms with Gasteiger partial charge in [0.05, 0.1) is 24.2 Å². The van der Waals surface area contributed by atoms with E-state index in [-0.39, 0.29) is 24.9 Å². The van der Waals surface area contributed by atoms with Crippen LogP contribution in [0, 0.1) is 10.1 Å². The highest BCUT2D eigenvalue weighted by molar-refractivity contribution is 5.68. The zero-order valence-corrected chi connectivity index (χ0v) is 13.3. The lowest BCUT2D eigenvalue weighted by atomic mass is 10.2. The number of non-ortho nitro benzene ring substituents is 1. The van der Waals surface area contributed by atoms with Gasteiger partial charge in [-0.2, -0.15) is 0 Å². The summed E-state index contributed by atoms with van der Waals surface area (Å²) in [7, 11) is 0. The zero-order chi connectivity index (χ0) is 16.8. The van der Waals surface area contributed by atoms with Crippen LogP contribution in [0.2, 0.25) is 0 Å². The summed E-state index contributed by atoms with van der Waals surface area (Å²) in [5.74, 6) is 0. The van der Waals surface area contributed by atoms with Crippen molar-refractivity contribution in [2.24, 2.45) is 0 Å². The summed E-state index contributed by atoms with van der Waals surface area (Å²) in [6.07, 6.45) is -0.501. The Bertz CT molecular complexity index is 525. The van der Waals surface area contributed by atoms with E-state index in [4.69, 9.17) is 9.47 Å². The molecule has 0 saturated heterocycles. The van der Waals surface area contributed by atoms with Gasteiger partial charge < -0.3 is 14.8 Å². The number of ether oxygens (including phenoxy) is 2. The van der Waals surface area contributed by atoms with Crippen molar-refractivity contribution in [3.05, 3.63) is 39.9 Å². The van der Waals surface area contributed by atoms with Gasteiger partial charge in [-0.15, -0.1) is 0 Å². The molecule has 1 aromatic rings. The van der Waals surface area contributed by atoms with Gasteiger partial charge in [-0.1, -0.05) is 12.1 Å². The highest BCUT2D eigenvalue weighted by atomic mass is 16.6. The van der Waals surface area contributed by atoms with Crippen molar-refractivity contribution >= 4 is 11.8 Å². The first-order chi connectivity index (χ1) is 10.2. The average Bonchev–Trinajstić information content (AvgIpc) is 2.36. The van der Waals surface area contributed by atoms with E-state index in [0.29, 0.717) is 5.56 Å². The summed E-state index contributed by atoms with van der Waals surface area (Å²) in [5.41, 5.74) is 0.188. The SMILES string of the molecule is C[C@H](COCc1cccc([N+](=O)[O-])c1)NC(=O)OC(C)(C)C. The number of benzene rings is 1. The number of hydrogen-bond donors (Lipinski definition) is 1. The largest absolute Gasteiger partial charge is 0.444 e. The molecular formula is C15H22N2O5. The third kappa shape index (κ3) is 7.03. The van der Waals surface area contributed by atoms with Gasteiger partial charge in [0.1, 0.15) is 5.60 Å². The van der Waals surface area contributed by atoms with E-state index in [1.807, 2.05) is 0 Å². The van der Waals surface area contributed by atoms with Crippen LogP contribution in [0.5, 0.6) is 0 Å². The second-order valence-corrected chi connectivity index (χ2v) is 5.99. The number of hydrogen-bond acceptors (Lipinski definition) is 5. The van der Waals surface area contributed by atoms with Crippen LogP contribution in [-0.4, -0.2) is 29.3 Å². The molecule has 22 heavy (non-hydrogen) atoms. The molecule has 0 aliphatic carbocycles. The zero-order valence-electron chi connectivity index (χ0n) is 13.3. The van der Waals surface area contributed by atoms with Crippen LogP contribution in [0.15, 0.2) is 24.3 Å². The fourth-order valence-corrected chi connectivity index (χ4v) is 1.66. The molecule has 1 N–H and O–H groups in total. The molecule has 1 amide bonds. The van der Waals surface area contributed by atoms with Crippen LogP contribution < -0.4 is 5.32 Å². The molecule has 1 aromatic carbocycles. The first-order valence-corrected chi connectivity index (χ1v) is 6.98. The maximum atomic E-state index is 11.6. The highest BCUT2D eigenvalue weighted by Gasteiger charge is 2.17. The topological polar surface area (TPSA) is 90.7 Å². The van der Waals surface area contributed by atoms with Crippen molar-refractivity contribution in [1.29, 1.82) is 0 Å². The number of nitrogens with zero attached hydrogens (tertiary/aromatic N) is 1. The molecule has 122 valence electrons. The predicted octanol–water partition coefficient (Wildman–Crippen LogP) is 3.02. The summed E-state index contributed by atoms with van der Waals surface area (Å²) in [6, 6.07) is 6.02. The molecule has 1 rings (SSSR count). The first-order valence-electron chi connectivity index (χ1n) is 6.98. The van der Waals surface area contributed by atoms with Crippen molar-refractivity contribution in [2.75, 3.05) is 6.61 Å². The predicted molar refractivity (Wildman–Crippen MR) is 81.6 cm³/mol. The lowest BCUT2D eigenvalue weighted by Crippen LogP contribution is -2.39. The maximum Gasteiger partial charge on any atom is 0.407 e. The Balaban J connectivity index is 2.36. The summed E-state index contributed by atoms with van der Waals surface area (Å²) >= 11 is 0. The Hall–Kier alpha value is -2.15. The Kier molecular flexibility index (Phi) is 6.30. The van der Waals surface area contributed by atoms with Gasteiger partial charge in [0.25, 0.3) is 5.69 Å². The van der Waals surface area contributed by atoms with Gasteiger partial charge in [0, 0.05) is 12.1 Å². The Morgan fingerprint density at radius 2 is 2.09 bits per heavy atom. The quantitative estimate of drug-likeness (QED) is 0.644. The molecule has 0 unspecified atom stereocenters. The summed E-state index contributed by atoms with van der Waals surface area (Å²) in [4.78, 5) is 21.8. The van der Waals surface area contributed by atoms with Crippen LogP contribution in [0.3, 0.4) is 0 Å². The van der Waals surface area contributed by atoms with Crippen LogP contribution in [0.1, 0.15) is 33.3 Å². The van der Waals surface area contributed by atoms with Crippen molar-refractivity contribution in [3.8, 4) is 0 Å². The molecule has 0 bridgehead atoms. The minimum atomic E-state index is -0.548. The van der Waals surface area contributed by atoms with Crippen molar-refractivity contribution < 1.29 is 19.2 Å². The van der Waals surface area contributed by atoms with Gasteiger partial charge in [-0.25, -0.2) is 4.79 Å². The van der Waals surface area contributed by atoms with E-state index >= 15 is 0 Å². The molecule has 0 fully saturated rings. The molecule has 0 saturated carbocycles. The van der Waals surface area contributed by atoms with Gasteiger partial charge in [0.15, 0.2) is 0 Å². The number of alkyl carbamates (subject to hydrolysis) is 1. The lowest BCUT2D eigenvalue weighted by molar-refractivity contribution is -0.384. The highest BCUT2D eigenvalue weighted by Crippen LogP contribution is 2.13. The van der Waals surface area contributed by atoms with Gasteiger partial charge in [-0.3, -0.25) is 10.1 Å². The third-order valence-corrected chi connectivity index (χ3v) is 2.52. The summed E-state index contributed by atoms with van der Waals surface area (Å²) < 4.78 is 10.6. The van der Waals surface area contributed by atoms with E-state index in [9.17, 15) is 14.9 Å². The molecular weight excluding hydrogens is 288 g/mol. The number of rotatable bonds is 6. The van der Waals surface area contributed by atoms with E-state index in [2.05, 4.69) is 5.32 Å². The maximum absolute atomic E-state index is 11.6. The van der Waals surface area contributed by atoms with E-state index in [1.54, 1.807) is 39.8 Å². The van der Waals surface area contributed by atoms with Crippen LogP contribution in [0.4, 0.5) is 10.5 Å². The van der Waals surface area contributed by atoms with Crippen molar-refractivity contribution in [1.82, 2.24) is 5.32 Å². The lowest BCUT2D eigenvalue weighted by Gasteiger charge is -2.21. The van der Waals surface area contributed by atoms with Crippen LogP contribution >= 0.6 is 0 Å². The molecule has 0 aromatic heterocycles. The second-order valence-electron chi connectivity index (χ2n) is 5.99. The van der Waals surface area contributed by atoms with Crippen LogP contribution in [0.25, 0.3) is 0 Å². The fraction of sp³-hybridized carbons (Fsp3) is 0.533. The average molecular weight is 310 g/mol. The van der Waals surface area contributed by atoms with E-state index in [0.717, 1.165) is 0 Å². The molecule has 0 heterocycles. The van der Waals surface area contributed by atoms with Gasteiger partial charge in [0.2, 0.25) is 0 Å². The van der Waals surface area contributed by atoms with E-state index < -0.39 is 16.6 Å². The summed E-state index contributed by atoms with van der Waals surface area (Å²) in [5, 5.41) is 13.3. The third-order valence-electron chi connectivity index (χ3n) is 2.52. The Morgan fingerprint density at radius 1 is 1.41 bits per heavy atom. The Labute approximate surface area is 129 Å². The van der Waals surface area contributed by atoms with Crippen molar-refractivity contribution in [2.45, 2.75) is 45.9 Å². The number of nitrogens with one attached hydrogen (secondary N) is 1. The van der Waals surface area contributed by atoms with Gasteiger partial charge >= 0.3 is 6.09 Å². The summed E-state index contributed by atoms with van der Waals surface area (Å²) in [6.45, 7) is 7.67. The molecule has 0 aliphatic rings. The normalized spacial score (nSPS) is 12.5. The fourth-order valence-electron chi connectivity index (χ4n) is 1.66. The number of amides is 1. The van der Waals surface area contributed by atoms with E-state index in [1.165, 1.54) is 12.1 Å². The van der Waals surface area contributed by atoms with Gasteiger partial charge in [-0.05, 0) is 33.3 Å². The smallest absolute Gasteiger partial charge is 0.407 e. The minimum absolute atomic E-state index is 0.0287. The minimum Gasteiger partial charge on any atom is -0.444 e. The standard InChI is InChI=1S/C15H22N2O5/c1-11(16-14(18)22-15(2,3)4)9-21-10-12-6-5-7-13(8-12)17(19)20/h5-8,11H,9-10H2,1-4H3,(H,16,18)/t11-/m1/s1. The number of carbonyl (C=O) groups is 1. The number of nitro benzene ring substituents is 1. The molecule has 7 heteroatoms. The molecule has 0 radical (unpaired) electrons. The monoisotopic (exact) mass is 310 g/mol. The molecule has 7 nitrogen and oxygen atoms in total. The number of carbonyl (C=O) groups excluding carboxylic acids is 1. The first kappa shape index (κ1) is 17.9. The molecule has 0 aliphatic heterocycles. The number of nitro groups is 1. The Morgan fingerprint density at radius 3 is 2.68 bits per heavy atom. The molecule has 1 atom stereocenters. The second kappa shape index (κ2) is 7.74.